The molecule has 0 aliphatic rings. The molecule has 108 valence electrons. The summed E-state index contributed by atoms with van der Waals surface area (Å²) in [4.78, 5) is 21.3. The SMILES string of the molecule is CC(=O)SCCC=Cc1ccc(C=O)c(C(F)(F)F)c1. The largest absolute Gasteiger partial charge is 0.417 e. The smallest absolute Gasteiger partial charge is 0.298 e. The highest BCUT2D eigenvalue weighted by molar-refractivity contribution is 8.13. The second-order valence-corrected chi connectivity index (χ2v) is 5.27. The fraction of sp³-hybridized carbons (Fsp3) is 0.286. The summed E-state index contributed by atoms with van der Waals surface area (Å²) in [7, 11) is 0. The van der Waals surface area contributed by atoms with Gasteiger partial charge in [-0.25, -0.2) is 0 Å². The molecule has 1 aromatic carbocycles. The van der Waals surface area contributed by atoms with Crippen LogP contribution < -0.4 is 0 Å². The zero-order chi connectivity index (χ0) is 15.2. The van der Waals surface area contributed by atoms with Crippen molar-refractivity contribution in [3.05, 3.63) is 41.0 Å². The Morgan fingerprint density at radius 1 is 1.35 bits per heavy atom. The van der Waals surface area contributed by atoms with Gasteiger partial charge in [-0.1, -0.05) is 36.0 Å². The summed E-state index contributed by atoms with van der Waals surface area (Å²) in [5.74, 6) is 0.588. The summed E-state index contributed by atoms with van der Waals surface area (Å²) < 4.78 is 38.2. The van der Waals surface area contributed by atoms with Crippen molar-refractivity contribution in [1.29, 1.82) is 0 Å². The van der Waals surface area contributed by atoms with Crippen LogP contribution in [0.4, 0.5) is 13.2 Å². The number of hydrogen-bond acceptors (Lipinski definition) is 3. The van der Waals surface area contributed by atoms with Crippen molar-refractivity contribution in [2.75, 3.05) is 5.75 Å². The number of alkyl halides is 3. The number of hydrogen-bond donors (Lipinski definition) is 0. The Balaban J connectivity index is 2.79. The lowest BCUT2D eigenvalue weighted by atomic mass is 10.0. The molecule has 0 atom stereocenters. The Bertz CT molecular complexity index is 522. The molecule has 1 rings (SSSR count). The standard InChI is InChI=1S/C14H13F3O2S/c1-10(19)20-7-3-2-4-11-5-6-12(9-18)13(8-11)14(15,16)17/h2,4-6,8-9H,3,7H2,1H3. The van der Waals surface area contributed by atoms with Crippen LogP contribution in [0.1, 0.15) is 34.8 Å². The van der Waals surface area contributed by atoms with Crippen molar-refractivity contribution < 1.29 is 22.8 Å². The van der Waals surface area contributed by atoms with E-state index in [2.05, 4.69) is 0 Å². The molecule has 0 saturated carbocycles. The molecule has 0 aliphatic heterocycles. The van der Waals surface area contributed by atoms with Gasteiger partial charge in [0.25, 0.3) is 0 Å². The Hall–Kier alpha value is -1.56. The van der Waals surface area contributed by atoms with E-state index >= 15 is 0 Å². The second kappa shape index (κ2) is 7.28. The number of rotatable bonds is 5. The molecule has 6 heteroatoms. The Morgan fingerprint density at radius 3 is 2.60 bits per heavy atom. The maximum absolute atomic E-state index is 12.7. The summed E-state index contributed by atoms with van der Waals surface area (Å²) in [6.45, 7) is 1.46. The van der Waals surface area contributed by atoms with Crippen molar-refractivity contribution >= 4 is 29.2 Å². The molecule has 0 bridgehead atoms. The molecule has 20 heavy (non-hydrogen) atoms. The van der Waals surface area contributed by atoms with Crippen molar-refractivity contribution in [3.8, 4) is 0 Å². The van der Waals surface area contributed by atoms with Crippen LogP contribution in [0.15, 0.2) is 24.3 Å². The van der Waals surface area contributed by atoms with E-state index in [-0.39, 0.29) is 17.0 Å². The van der Waals surface area contributed by atoms with Gasteiger partial charge in [0.2, 0.25) is 0 Å². The van der Waals surface area contributed by atoms with E-state index in [1.165, 1.54) is 13.0 Å². The molecule has 0 aliphatic carbocycles. The molecule has 0 heterocycles. The van der Waals surface area contributed by atoms with Gasteiger partial charge in [0.1, 0.15) is 0 Å². The molecular formula is C14H13F3O2S. The van der Waals surface area contributed by atoms with E-state index < -0.39 is 11.7 Å². The van der Waals surface area contributed by atoms with Gasteiger partial charge >= 0.3 is 6.18 Å². The number of thioether (sulfide) groups is 1. The van der Waals surface area contributed by atoms with Gasteiger partial charge in [-0.05, 0) is 18.1 Å². The van der Waals surface area contributed by atoms with Crippen LogP contribution in [0.25, 0.3) is 6.08 Å². The quantitative estimate of drug-likeness (QED) is 0.604. The van der Waals surface area contributed by atoms with Crippen LogP contribution in [0.3, 0.4) is 0 Å². The highest BCUT2D eigenvalue weighted by Crippen LogP contribution is 2.32. The third-order valence-electron chi connectivity index (χ3n) is 2.41. The normalized spacial score (nSPS) is 11.8. The fourth-order valence-electron chi connectivity index (χ4n) is 1.52. The monoisotopic (exact) mass is 302 g/mol. The minimum absolute atomic E-state index is 0.00749. The Kier molecular flexibility index (Phi) is 6.01. The van der Waals surface area contributed by atoms with Gasteiger partial charge in [-0.3, -0.25) is 9.59 Å². The first-order valence-corrected chi connectivity index (χ1v) is 6.79. The van der Waals surface area contributed by atoms with Gasteiger partial charge in [0.05, 0.1) is 5.56 Å². The van der Waals surface area contributed by atoms with Crippen molar-refractivity contribution in [1.82, 2.24) is 0 Å². The molecule has 2 nitrogen and oxygen atoms in total. The highest BCUT2D eigenvalue weighted by atomic mass is 32.2. The zero-order valence-electron chi connectivity index (χ0n) is 10.7. The minimum atomic E-state index is -4.55. The number of allylic oxidation sites excluding steroid dienone is 1. The summed E-state index contributed by atoms with van der Waals surface area (Å²) in [5, 5.41) is 0.00749. The van der Waals surface area contributed by atoms with E-state index in [0.717, 1.165) is 23.9 Å². The molecule has 0 aromatic heterocycles. The Labute approximate surface area is 119 Å². The second-order valence-electron chi connectivity index (χ2n) is 3.99. The number of aldehydes is 1. The predicted molar refractivity (Wildman–Crippen MR) is 73.6 cm³/mol. The zero-order valence-corrected chi connectivity index (χ0v) is 11.6. The maximum atomic E-state index is 12.7. The van der Waals surface area contributed by atoms with E-state index in [1.54, 1.807) is 12.2 Å². The molecule has 0 saturated heterocycles. The van der Waals surface area contributed by atoms with E-state index in [4.69, 9.17) is 0 Å². The lowest BCUT2D eigenvalue weighted by molar-refractivity contribution is -0.137. The average Bonchev–Trinajstić information content (AvgIpc) is 2.36. The lowest BCUT2D eigenvalue weighted by Gasteiger charge is -2.09. The lowest BCUT2D eigenvalue weighted by Crippen LogP contribution is -2.09. The average molecular weight is 302 g/mol. The molecule has 0 amide bonds. The molecule has 0 fully saturated rings. The van der Waals surface area contributed by atoms with Crippen molar-refractivity contribution in [3.63, 3.8) is 0 Å². The van der Waals surface area contributed by atoms with Gasteiger partial charge in [-0.2, -0.15) is 13.2 Å². The number of benzene rings is 1. The van der Waals surface area contributed by atoms with Gasteiger partial charge < -0.3 is 0 Å². The first kappa shape index (κ1) is 16.5. The summed E-state index contributed by atoms with van der Waals surface area (Å²) in [6, 6.07) is 3.55. The summed E-state index contributed by atoms with van der Waals surface area (Å²) in [5.41, 5.74) is -0.940. The van der Waals surface area contributed by atoms with Crippen molar-refractivity contribution in [2.45, 2.75) is 19.5 Å². The maximum Gasteiger partial charge on any atom is 0.417 e. The van der Waals surface area contributed by atoms with Crippen LogP contribution in [0.2, 0.25) is 0 Å². The summed E-state index contributed by atoms with van der Waals surface area (Å²) >= 11 is 1.16. The van der Waals surface area contributed by atoms with Crippen LogP contribution in [-0.4, -0.2) is 17.2 Å². The molecular weight excluding hydrogens is 289 g/mol. The molecule has 0 N–H and O–H groups in total. The molecule has 0 spiro atoms. The first-order valence-electron chi connectivity index (χ1n) is 5.81. The first-order chi connectivity index (χ1) is 9.34. The summed E-state index contributed by atoms with van der Waals surface area (Å²) in [6.07, 6.45) is -0.526. The predicted octanol–water partition coefficient (Wildman–Crippen LogP) is 4.20. The van der Waals surface area contributed by atoms with Crippen LogP contribution in [0.5, 0.6) is 0 Å². The molecule has 1 aromatic rings. The van der Waals surface area contributed by atoms with Crippen LogP contribution >= 0.6 is 11.8 Å². The number of carbonyl (C=O) groups is 2. The van der Waals surface area contributed by atoms with E-state index in [1.807, 2.05) is 0 Å². The van der Waals surface area contributed by atoms with Gasteiger partial charge in [0.15, 0.2) is 11.4 Å². The third-order valence-corrected chi connectivity index (χ3v) is 3.26. The topological polar surface area (TPSA) is 34.1 Å². The van der Waals surface area contributed by atoms with Crippen LogP contribution in [0, 0.1) is 0 Å². The molecule has 0 unspecified atom stereocenters. The highest BCUT2D eigenvalue weighted by Gasteiger charge is 2.33. The third kappa shape index (κ3) is 5.21. The number of halogens is 3. The molecule has 0 radical (unpaired) electrons. The van der Waals surface area contributed by atoms with Crippen molar-refractivity contribution in [2.24, 2.45) is 0 Å². The number of carbonyl (C=O) groups excluding carboxylic acids is 2. The van der Waals surface area contributed by atoms with Gasteiger partial charge in [-0.15, -0.1) is 0 Å². The Morgan fingerprint density at radius 2 is 2.05 bits per heavy atom. The van der Waals surface area contributed by atoms with E-state index in [9.17, 15) is 22.8 Å². The fourth-order valence-corrected chi connectivity index (χ4v) is 2.06. The minimum Gasteiger partial charge on any atom is -0.298 e. The van der Waals surface area contributed by atoms with Gasteiger partial charge in [0, 0.05) is 18.2 Å². The van der Waals surface area contributed by atoms with E-state index in [0.29, 0.717) is 17.7 Å². The van der Waals surface area contributed by atoms with Crippen LogP contribution in [-0.2, 0) is 11.0 Å².